The van der Waals surface area contributed by atoms with E-state index in [1.54, 1.807) is 0 Å². The fourth-order valence-electron chi connectivity index (χ4n) is 1.94. The SMILES string of the molecule is CCCCCSN(SCCCCC)c1ccccc1C. The highest BCUT2D eigenvalue weighted by molar-refractivity contribution is 8.18. The molecule has 0 aliphatic carbocycles. The fraction of sp³-hybridized carbons (Fsp3) is 0.647. The Balaban J connectivity index is 2.52. The highest BCUT2D eigenvalue weighted by atomic mass is 32.2. The van der Waals surface area contributed by atoms with E-state index in [9.17, 15) is 0 Å². The van der Waals surface area contributed by atoms with Crippen molar-refractivity contribution in [2.24, 2.45) is 0 Å². The Morgan fingerprint density at radius 1 is 0.850 bits per heavy atom. The summed E-state index contributed by atoms with van der Waals surface area (Å²) >= 11 is 3.97. The van der Waals surface area contributed by atoms with E-state index in [2.05, 4.69) is 48.7 Å². The van der Waals surface area contributed by atoms with Crippen LogP contribution in [0, 0.1) is 6.92 Å². The molecule has 0 saturated carbocycles. The Morgan fingerprint density at radius 3 is 1.90 bits per heavy atom. The summed E-state index contributed by atoms with van der Waals surface area (Å²) in [5, 5.41) is 0. The van der Waals surface area contributed by atoms with E-state index in [0.29, 0.717) is 0 Å². The minimum Gasteiger partial charge on any atom is -0.258 e. The molecule has 3 heteroatoms. The zero-order chi connectivity index (χ0) is 14.6. The van der Waals surface area contributed by atoms with Crippen molar-refractivity contribution >= 4 is 29.6 Å². The van der Waals surface area contributed by atoms with Gasteiger partial charge in [0.25, 0.3) is 0 Å². The smallest absolute Gasteiger partial charge is 0.0623 e. The second-order valence-corrected chi connectivity index (χ2v) is 7.42. The predicted octanol–water partition coefficient (Wildman–Crippen LogP) is 6.48. The van der Waals surface area contributed by atoms with Gasteiger partial charge >= 0.3 is 0 Å². The summed E-state index contributed by atoms with van der Waals surface area (Å²) in [5.74, 6) is 2.45. The van der Waals surface area contributed by atoms with E-state index in [1.807, 2.05) is 23.9 Å². The van der Waals surface area contributed by atoms with Crippen LogP contribution < -0.4 is 3.71 Å². The number of nitrogens with zero attached hydrogens (tertiary/aromatic N) is 1. The first-order valence-corrected chi connectivity index (χ1v) is 9.79. The van der Waals surface area contributed by atoms with Gasteiger partial charge in [-0.1, -0.05) is 57.7 Å². The van der Waals surface area contributed by atoms with E-state index >= 15 is 0 Å². The Labute approximate surface area is 134 Å². The zero-order valence-electron chi connectivity index (χ0n) is 13.2. The van der Waals surface area contributed by atoms with Gasteiger partial charge in [-0.25, -0.2) is 0 Å². The van der Waals surface area contributed by atoms with Crippen LogP contribution in [0.5, 0.6) is 0 Å². The number of aryl methyl sites for hydroxylation is 1. The summed E-state index contributed by atoms with van der Waals surface area (Å²) in [4.78, 5) is 0. The third-order valence-electron chi connectivity index (χ3n) is 3.23. The molecule has 0 amide bonds. The van der Waals surface area contributed by atoms with Gasteiger partial charge in [0.2, 0.25) is 0 Å². The zero-order valence-corrected chi connectivity index (χ0v) is 14.9. The molecule has 0 N–H and O–H groups in total. The number of rotatable bonds is 11. The average molecular weight is 312 g/mol. The van der Waals surface area contributed by atoms with Crippen molar-refractivity contribution in [1.82, 2.24) is 0 Å². The molecule has 0 aliphatic rings. The van der Waals surface area contributed by atoms with Crippen LogP contribution in [-0.2, 0) is 0 Å². The molecule has 0 aliphatic heterocycles. The molecule has 1 rings (SSSR count). The molecule has 0 radical (unpaired) electrons. The minimum atomic E-state index is 1.23. The number of anilines is 1. The largest absolute Gasteiger partial charge is 0.258 e. The first-order valence-electron chi connectivity index (χ1n) is 7.91. The summed E-state index contributed by atoms with van der Waals surface area (Å²) in [5.41, 5.74) is 2.74. The van der Waals surface area contributed by atoms with E-state index in [0.717, 1.165) is 0 Å². The van der Waals surface area contributed by atoms with Gasteiger partial charge in [0.05, 0.1) is 5.69 Å². The van der Waals surface area contributed by atoms with E-state index < -0.39 is 0 Å². The van der Waals surface area contributed by atoms with Crippen LogP contribution in [-0.4, -0.2) is 11.5 Å². The first-order chi connectivity index (χ1) is 9.79. The molecular weight excluding hydrogens is 282 g/mol. The van der Waals surface area contributed by atoms with Crippen molar-refractivity contribution in [3.63, 3.8) is 0 Å². The van der Waals surface area contributed by atoms with Crippen LogP contribution in [0.3, 0.4) is 0 Å². The molecular formula is C17H29NS2. The molecule has 0 aromatic heterocycles. The Kier molecular flexibility index (Phi) is 10.1. The summed E-state index contributed by atoms with van der Waals surface area (Å²) < 4.78 is 2.45. The van der Waals surface area contributed by atoms with Gasteiger partial charge < -0.3 is 0 Å². The average Bonchev–Trinajstić information content (AvgIpc) is 2.46. The van der Waals surface area contributed by atoms with Gasteiger partial charge in [-0.2, -0.15) is 0 Å². The third kappa shape index (κ3) is 6.94. The number of benzene rings is 1. The van der Waals surface area contributed by atoms with Crippen LogP contribution in [0.15, 0.2) is 24.3 Å². The predicted molar refractivity (Wildman–Crippen MR) is 97.6 cm³/mol. The lowest BCUT2D eigenvalue weighted by Crippen LogP contribution is -2.08. The lowest BCUT2D eigenvalue weighted by Gasteiger charge is -2.23. The third-order valence-corrected chi connectivity index (χ3v) is 5.66. The van der Waals surface area contributed by atoms with Gasteiger partial charge in [0.15, 0.2) is 0 Å². The molecule has 0 spiro atoms. The van der Waals surface area contributed by atoms with Crippen LogP contribution in [0.1, 0.15) is 57.9 Å². The Morgan fingerprint density at radius 2 is 1.40 bits per heavy atom. The van der Waals surface area contributed by atoms with Crippen molar-refractivity contribution in [3.8, 4) is 0 Å². The van der Waals surface area contributed by atoms with Crippen molar-refractivity contribution in [3.05, 3.63) is 29.8 Å². The van der Waals surface area contributed by atoms with Gasteiger partial charge in [-0.15, -0.1) is 0 Å². The van der Waals surface area contributed by atoms with Crippen LogP contribution >= 0.6 is 23.9 Å². The Bertz CT molecular complexity index is 343. The second-order valence-electron chi connectivity index (χ2n) is 5.12. The maximum Gasteiger partial charge on any atom is 0.0623 e. The van der Waals surface area contributed by atoms with Crippen molar-refractivity contribution < 1.29 is 0 Å². The molecule has 0 bridgehead atoms. The lowest BCUT2D eigenvalue weighted by atomic mass is 10.2. The van der Waals surface area contributed by atoms with Crippen molar-refractivity contribution in [2.75, 3.05) is 15.2 Å². The number of unbranched alkanes of at least 4 members (excludes halogenated alkanes) is 4. The molecule has 0 heterocycles. The summed E-state index contributed by atoms with van der Waals surface area (Å²) in [6, 6.07) is 8.73. The number of para-hydroxylation sites is 1. The monoisotopic (exact) mass is 311 g/mol. The van der Waals surface area contributed by atoms with E-state index in [1.165, 1.54) is 61.3 Å². The topological polar surface area (TPSA) is 3.24 Å². The summed E-state index contributed by atoms with van der Waals surface area (Å²) in [6.45, 7) is 6.74. The quantitative estimate of drug-likeness (QED) is 0.340. The van der Waals surface area contributed by atoms with Gasteiger partial charge in [0.1, 0.15) is 0 Å². The fourth-order valence-corrected chi connectivity index (χ4v) is 4.37. The van der Waals surface area contributed by atoms with E-state index in [-0.39, 0.29) is 0 Å². The normalized spacial score (nSPS) is 10.8. The lowest BCUT2D eigenvalue weighted by molar-refractivity contribution is 0.777. The summed E-state index contributed by atoms with van der Waals surface area (Å²) in [6.07, 6.45) is 7.92. The van der Waals surface area contributed by atoms with E-state index in [4.69, 9.17) is 0 Å². The molecule has 1 aromatic rings. The molecule has 1 nitrogen and oxygen atoms in total. The molecule has 0 fully saturated rings. The highest BCUT2D eigenvalue weighted by Gasteiger charge is 2.10. The van der Waals surface area contributed by atoms with Gasteiger partial charge in [0, 0.05) is 11.5 Å². The molecule has 114 valence electrons. The first kappa shape index (κ1) is 17.8. The molecule has 0 atom stereocenters. The Hall–Kier alpha value is -0.280. The molecule has 0 unspecified atom stereocenters. The molecule has 0 saturated heterocycles. The second kappa shape index (κ2) is 11.4. The summed E-state index contributed by atoms with van der Waals surface area (Å²) in [7, 11) is 0. The maximum absolute atomic E-state index is 2.45. The number of hydrogen-bond donors (Lipinski definition) is 0. The van der Waals surface area contributed by atoms with Crippen molar-refractivity contribution in [1.29, 1.82) is 0 Å². The van der Waals surface area contributed by atoms with Gasteiger partial charge in [-0.3, -0.25) is 3.71 Å². The minimum absolute atomic E-state index is 1.23. The van der Waals surface area contributed by atoms with Crippen LogP contribution in [0.2, 0.25) is 0 Å². The molecule has 20 heavy (non-hydrogen) atoms. The maximum atomic E-state index is 2.45. The standard InChI is InChI=1S/C17H29NS2/c1-4-6-10-14-19-18(20-15-11-7-5-2)17-13-9-8-12-16(17)3/h8-9,12-13H,4-7,10-11,14-15H2,1-3H3. The number of hydrogen-bond acceptors (Lipinski definition) is 3. The van der Waals surface area contributed by atoms with Crippen LogP contribution in [0.4, 0.5) is 5.69 Å². The highest BCUT2D eigenvalue weighted by Crippen LogP contribution is 2.34. The van der Waals surface area contributed by atoms with Crippen molar-refractivity contribution in [2.45, 2.75) is 59.3 Å². The van der Waals surface area contributed by atoms with Gasteiger partial charge in [-0.05, 0) is 55.3 Å². The van der Waals surface area contributed by atoms with Crippen LogP contribution in [0.25, 0.3) is 0 Å². The molecule has 1 aromatic carbocycles.